The molecule has 0 amide bonds. The Balaban J connectivity index is 0.885. The minimum Gasteiger partial charge on any atom is -0.309 e. The van der Waals surface area contributed by atoms with E-state index < -0.39 is 0 Å². The van der Waals surface area contributed by atoms with Crippen LogP contribution in [0.3, 0.4) is 0 Å². The molecule has 18 rings (SSSR count). The molecule has 0 radical (unpaired) electrons. The van der Waals surface area contributed by atoms with Crippen LogP contribution < -0.4 is 0 Å². The zero-order valence-corrected chi connectivity index (χ0v) is 47.6. The molecular formula is C81H51N7. The number of rotatable bonds is 9. The molecule has 7 heteroatoms. The Labute approximate surface area is 506 Å². The topological polar surface area (TPSA) is 58.4 Å². The Morgan fingerprint density at radius 1 is 0.182 bits per heavy atom. The van der Waals surface area contributed by atoms with E-state index in [9.17, 15) is 0 Å². The van der Waals surface area contributed by atoms with Crippen LogP contribution in [-0.4, -0.2) is 33.2 Å². The highest BCUT2D eigenvalue weighted by Gasteiger charge is 2.24. The van der Waals surface area contributed by atoms with Crippen LogP contribution >= 0.6 is 0 Å². The molecule has 5 aromatic heterocycles. The largest absolute Gasteiger partial charge is 0.309 e. The minimum atomic E-state index is 0.510. The van der Waals surface area contributed by atoms with Gasteiger partial charge in [0.15, 0.2) is 5.82 Å². The number of aromatic nitrogens is 7. The van der Waals surface area contributed by atoms with Gasteiger partial charge < -0.3 is 9.13 Å². The first kappa shape index (κ1) is 49.5. The lowest BCUT2D eigenvalue weighted by atomic mass is 9.94. The van der Waals surface area contributed by atoms with E-state index in [1.54, 1.807) is 0 Å². The van der Waals surface area contributed by atoms with Crippen molar-refractivity contribution in [2.75, 3.05) is 0 Å². The Morgan fingerprint density at radius 3 is 0.977 bits per heavy atom. The van der Waals surface area contributed by atoms with Gasteiger partial charge in [-0.05, 0) is 136 Å². The number of fused-ring (bicyclic) bond motifs is 12. The van der Waals surface area contributed by atoms with Crippen molar-refractivity contribution < 1.29 is 0 Å². The summed E-state index contributed by atoms with van der Waals surface area (Å²) < 4.78 is 9.25. The lowest BCUT2D eigenvalue weighted by Gasteiger charge is -2.16. The van der Waals surface area contributed by atoms with Crippen molar-refractivity contribution in [3.05, 3.63) is 309 Å². The molecule has 13 aromatic carbocycles. The third-order valence-electron chi connectivity index (χ3n) is 17.9. The van der Waals surface area contributed by atoms with E-state index in [4.69, 9.17) is 15.0 Å². The Morgan fingerprint density at radius 2 is 0.511 bits per heavy atom. The van der Waals surface area contributed by atoms with E-state index in [2.05, 4.69) is 328 Å². The molecule has 0 saturated carbocycles. The van der Waals surface area contributed by atoms with Crippen LogP contribution in [0.25, 0.3) is 166 Å². The lowest BCUT2D eigenvalue weighted by Crippen LogP contribution is -2.10. The lowest BCUT2D eigenvalue weighted by molar-refractivity contribution is 0.893. The van der Waals surface area contributed by atoms with Crippen LogP contribution in [0.1, 0.15) is 0 Å². The number of para-hydroxylation sites is 6. The van der Waals surface area contributed by atoms with Gasteiger partial charge in [-0.15, -0.1) is 0 Å². The summed E-state index contributed by atoms with van der Waals surface area (Å²) >= 11 is 0. The summed E-state index contributed by atoms with van der Waals surface area (Å²) in [5, 5.41) is 9.23. The number of hydrogen-bond donors (Lipinski definition) is 0. The zero-order chi connectivity index (χ0) is 57.8. The summed E-state index contributed by atoms with van der Waals surface area (Å²) in [6.45, 7) is 0. The van der Waals surface area contributed by atoms with Crippen molar-refractivity contribution in [1.82, 2.24) is 33.2 Å². The van der Waals surface area contributed by atoms with Crippen LogP contribution in [0.15, 0.2) is 309 Å². The number of hydrogen-bond acceptors (Lipinski definition) is 3. The molecule has 7 nitrogen and oxygen atoms in total. The average molecular weight is 1120 g/mol. The van der Waals surface area contributed by atoms with Gasteiger partial charge in [0.25, 0.3) is 0 Å². The van der Waals surface area contributed by atoms with E-state index in [-0.39, 0.29) is 0 Å². The highest BCUT2D eigenvalue weighted by molar-refractivity contribution is 6.14. The van der Waals surface area contributed by atoms with Gasteiger partial charge in [0.1, 0.15) is 0 Å². The molecule has 0 fully saturated rings. The molecule has 0 atom stereocenters. The Hall–Kier alpha value is -11.9. The Kier molecular flexibility index (Phi) is 11.2. The molecular weight excluding hydrogens is 1070 g/mol. The van der Waals surface area contributed by atoms with Crippen molar-refractivity contribution in [1.29, 1.82) is 0 Å². The predicted molar refractivity (Wildman–Crippen MR) is 364 cm³/mol. The Bertz CT molecular complexity index is 5500. The maximum absolute atomic E-state index is 5.74. The van der Waals surface area contributed by atoms with E-state index in [0.29, 0.717) is 17.7 Å². The van der Waals surface area contributed by atoms with Crippen LogP contribution in [-0.2, 0) is 0 Å². The van der Waals surface area contributed by atoms with Crippen LogP contribution in [0.5, 0.6) is 0 Å². The fraction of sp³-hybridized carbons (Fsp3) is 0. The fourth-order valence-electron chi connectivity index (χ4n) is 13.8. The first-order valence-electron chi connectivity index (χ1n) is 29.9. The van der Waals surface area contributed by atoms with Crippen molar-refractivity contribution in [2.24, 2.45) is 0 Å². The van der Waals surface area contributed by atoms with Crippen molar-refractivity contribution in [3.8, 4) is 79.2 Å². The second kappa shape index (κ2) is 19.8. The molecule has 88 heavy (non-hydrogen) atoms. The number of benzene rings is 13. The van der Waals surface area contributed by atoms with Gasteiger partial charge in [0.05, 0.1) is 44.1 Å². The summed E-state index contributed by atoms with van der Waals surface area (Å²) in [6.07, 6.45) is 0. The van der Waals surface area contributed by atoms with Crippen molar-refractivity contribution in [3.63, 3.8) is 0 Å². The fourth-order valence-corrected chi connectivity index (χ4v) is 13.8. The zero-order valence-electron chi connectivity index (χ0n) is 47.6. The summed E-state index contributed by atoms with van der Waals surface area (Å²) in [4.78, 5) is 17.2. The second-order valence-corrected chi connectivity index (χ2v) is 22.8. The first-order chi connectivity index (χ1) is 43.6. The van der Waals surface area contributed by atoms with Gasteiger partial charge in [0, 0.05) is 60.0 Å². The molecule has 0 aliphatic carbocycles. The molecule has 0 aliphatic heterocycles. The highest BCUT2D eigenvalue weighted by atomic mass is 15.3. The quantitative estimate of drug-likeness (QED) is 0.145. The SMILES string of the molecule is c1ccc(-c2ccc(-c3ccccc3)c(-c3nc(-n4c5ccccc5c5ccc(-c6ccc7c(c6)c6ccccc6n7-c6ccccc6)cc54)nc(-n4c5ccccc5c5ccc(-c6ccc7c(c6)c6ccccc6n7-c6ccccc6)cc54)n3)c2)cc1. The summed E-state index contributed by atoms with van der Waals surface area (Å²) in [5.41, 5.74) is 20.5. The van der Waals surface area contributed by atoms with Gasteiger partial charge in [-0.1, -0.05) is 218 Å². The molecule has 0 bridgehead atoms. The summed E-state index contributed by atoms with van der Waals surface area (Å²) in [6, 6.07) is 111. The maximum Gasteiger partial charge on any atom is 0.240 e. The van der Waals surface area contributed by atoms with E-state index in [0.717, 1.165) is 116 Å². The third-order valence-corrected chi connectivity index (χ3v) is 17.9. The molecule has 0 spiro atoms. The van der Waals surface area contributed by atoms with E-state index in [1.807, 2.05) is 0 Å². The smallest absolute Gasteiger partial charge is 0.240 e. The standard InChI is InChI=1S/C81H51N7/c1-5-21-52(22-6-1)54-37-42-61(53-23-7-2-8-24-53)70(49-54)79-82-80(87-73-35-19-13-29-62(73)66-43-38-57(50-77(66)87)55-40-45-75-68(47-55)64-31-15-17-33-71(64)85(75)59-25-9-3-10-26-59)84-81(83-79)88-74-36-20-14-30-63(74)67-44-39-58(51-78(67)88)56-41-46-76-69(48-56)65-32-16-18-34-72(65)86(76)60-27-11-4-12-28-60/h1-51H. The predicted octanol–water partition coefficient (Wildman–Crippen LogP) is 20.6. The first-order valence-corrected chi connectivity index (χ1v) is 29.9. The second-order valence-electron chi connectivity index (χ2n) is 22.8. The van der Waals surface area contributed by atoms with Crippen molar-refractivity contribution in [2.45, 2.75) is 0 Å². The molecule has 0 saturated heterocycles. The molecule has 410 valence electrons. The van der Waals surface area contributed by atoms with Gasteiger partial charge in [-0.3, -0.25) is 9.13 Å². The molecule has 0 N–H and O–H groups in total. The highest BCUT2D eigenvalue weighted by Crippen LogP contribution is 2.43. The molecule has 0 aliphatic rings. The molecule has 18 aromatic rings. The van der Waals surface area contributed by atoms with Gasteiger partial charge in [-0.25, -0.2) is 0 Å². The average Bonchev–Trinajstić information content (AvgIpc) is 2.24. The van der Waals surface area contributed by atoms with Gasteiger partial charge in [0.2, 0.25) is 11.9 Å². The minimum absolute atomic E-state index is 0.510. The van der Waals surface area contributed by atoms with E-state index in [1.165, 1.54) is 32.6 Å². The third kappa shape index (κ3) is 7.81. The number of nitrogens with zero attached hydrogens (tertiary/aromatic N) is 7. The monoisotopic (exact) mass is 1120 g/mol. The summed E-state index contributed by atoms with van der Waals surface area (Å²) in [5.74, 6) is 1.58. The van der Waals surface area contributed by atoms with Crippen LogP contribution in [0.4, 0.5) is 0 Å². The van der Waals surface area contributed by atoms with Gasteiger partial charge >= 0.3 is 0 Å². The van der Waals surface area contributed by atoms with Crippen LogP contribution in [0.2, 0.25) is 0 Å². The van der Waals surface area contributed by atoms with E-state index >= 15 is 0 Å². The normalized spacial score (nSPS) is 11.9. The molecule has 0 unspecified atom stereocenters. The van der Waals surface area contributed by atoms with Crippen molar-refractivity contribution >= 4 is 87.2 Å². The molecule has 5 heterocycles. The van der Waals surface area contributed by atoms with Gasteiger partial charge in [-0.2, -0.15) is 15.0 Å². The van der Waals surface area contributed by atoms with Crippen LogP contribution in [0, 0.1) is 0 Å². The maximum atomic E-state index is 5.74. The summed E-state index contributed by atoms with van der Waals surface area (Å²) in [7, 11) is 0.